The number of nitrogens with zero attached hydrogens (tertiary/aromatic N) is 2. The van der Waals surface area contributed by atoms with E-state index in [4.69, 9.17) is 18.9 Å². The first-order valence-electron chi connectivity index (χ1n) is 14.6. The van der Waals surface area contributed by atoms with Gasteiger partial charge in [-0.05, 0) is 51.3 Å². The van der Waals surface area contributed by atoms with E-state index in [1.54, 1.807) is 7.11 Å². The molecule has 2 aromatic carbocycles. The lowest BCUT2D eigenvalue weighted by molar-refractivity contribution is -0.172. The minimum atomic E-state index is -0.897. The molecule has 4 aliphatic rings. The van der Waals surface area contributed by atoms with Gasteiger partial charge in [0.15, 0.2) is 23.0 Å². The topological polar surface area (TPSA) is 130 Å². The van der Waals surface area contributed by atoms with Gasteiger partial charge in [-0.3, -0.25) is 19.4 Å². The minimum absolute atomic E-state index is 0.0153. The number of benzene rings is 2. The number of amides is 1. The number of esters is 1. The van der Waals surface area contributed by atoms with Crippen LogP contribution < -0.4 is 24.3 Å². The molecule has 226 valence electrons. The van der Waals surface area contributed by atoms with E-state index in [0.717, 1.165) is 27.8 Å². The molecule has 2 unspecified atom stereocenters. The Kier molecular flexibility index (Phi) is 7.23. The Hall–Kier alpha value is -3.54. The summed E-state index contributed by atoms with van der Waals surface area (Å²) in [4.78, 5) is 29.2. The fourth-order valence-electron chi connectivity index (χ4n) is 7.65. The fourth-order valence-corrected chi connectivity index (χ4v) is 7.65. The van der Waals surface area contributed by atoms with Crippen molar-refractivity contribution in [3.05, 3.63) is 39.4 Å². The van der Waals surface area contributed by atoms with Crippen molar-refractivity contribution in [2.45, 2.75) is 83.8 Å². The summed E-state index contributed by atoms with van der Waals surface area (Å²) in [6, 6.07) is 0.567. The normalized spacial score (nSPS) is 25.7. The molecule has 11 heteroatoms. The van der Waals surface area contributed by atoms with E-state index in [2.05, 4.69) is 10.2 Å². The van der Waals surface area contributed by atoms with E-state index >= 15 is 0 Å². The molecule has 6 rings (SSSR count). The number of methoxy groups -OCH3 is 1. The summed E-state index contributed by atoms with van der Waals surface area (Å²) in [5.74, 6) is 1.43. The number of aryl methyl sites for hydroxylation is 1. The number of nitrogens with one attached hydrogen (secondary N) is 1. The van der Waals surface area contributed by atoms with Crippen molar-refractivity contribution in [3.8, 4) is 28.7 Å². The molecule has 2 bridgehead atoms. The number of aliphatic hydroxyl groups is 1. The summed E-state index contributed by atoms with van der Waals surface area (Å²) < 4.78 is 23.3. The predicted octanol–water partition coefficient (Wildman–Crippen LogP) is 2.79. The Labute approximate surface area is 245 Å². The van der Waals surface area contributed by atoms with Gasteiger partial charge in [0.2, 0.25) is 12.7 Å². The smallest absolute Gasteiger partial charge is 0.308 e. The highest BCUT2D eigenvalue weighted by Gasteiger charge is 2.56. The number of hydrogen-bond acceptors (Lipinski definition) is 10. The van der Waals surface area contributed by atoms with Crippen LogP contribution in [-0.4, -0.2) is 77.7 Å². The Morgan fingerprint density at radius 1 is 1.12 bits per heavy atom. The van der Waals surface area contributed by atoms with E-state index in [9.17, 15) is 19.8 Å². The lowest BCUT2D eigenvalue weighted by Gasteiger charge is -2.60. The van der Waals surface area contributed by atoms with Crippen molar-refractivity contribution in [1.29, 1.82) is 0 Å². The predicted molar refractivity (Wildman–Crippen MR) is 152 cm³/mol. The second-order valence-electron chi connectivity index (χ2n) is 11.7. The van der Waals surface area contributed by atoms with Crippen LogP contribution in [0.2, 0.25) is 0 Å². The summed E-state index contributed by atoms with van der Waals surface area (Å²) in [6.45, 7) is 7.27. The highest BCUT2D eigenvalue weighted by Crippen LogP contribution is 2.58. The van der Waals surface area contributed by atoms with Crippen LogP contribution >= 0.6 is 0 Å². The second kappa shape index (κ2) is 10.6. The number of hydrogen-bond donors (Lipinski definition) is 3. The molecular weight excluding hydrogens is 542 g/mol. The van der Waals surface area contributed by atoms with Gasteiger partial charge in [-0.1, -0.05) is 13.0 Å². The van der Waals surface area contributed by atoms with Crippen molar-refractivity contribution >= 4 is 11.9 Å². The number of fused-ring (bicyclic) bond motifs is 9. The van der Waals surface area contributed by atoms with Gasteiger partial charge in [0, 0.05) is 48.2 Å². The van der Waals surface area contributed by atoms with E-state index in [1.165, 1.54) is 6.92 Å². The van der Waals surface area contributed by atoms with Crippen LogP contribution in [0.25, 0.3) is 0 Å². The average molecular weight is 582 g/mol. The van der Waals surface area contributed by atoms with Crippen LogP contribution in [0.3, 0.4) is 0 Å². The number of phenolic OH excluding ortho intramolecular Hbond substituents is 1. The maximum atomic E-state index is 12.7. The van der Waals surface area contributed by atoms with Gasteiger partial charge in [-0.15, -0.1) is 0 Å². The Balaban J connectivity index is 1.57. The molecule has 1 amide bonds. The molecule has 5 atom stereocenters. The van der Waals surface area contributed by atoms with E-state index < -0.39 is 18.2 Å². The van der Waals surface area contributed by atoms with Gasteiger partial charge in [0.25, 0.3) is 0 Å². The molecular formula is C31H39N3O8. The van der Waals surface area contributed by atoms with Crippen LogP contribution in [0.15, 0.2) is 6.07 Å². The highest BCUT2D eigenvalue weighted by atomic mass is 16.7. The molecule has 4 aliphatic heterocycles. The van der Waals surface area contributed by atoms with Gasteiger partial charge in [-0.25, -0.2) is 0 Å². The zero-order valence-electron chi connectivity index (χ0n) is 24.9. The molecule has 0 saturated carbocycles. The van der Waals surface area contributed by atoms with Crippen molar-refractivity contribution in [3.63, 3.8) is 0 Å². The third-order valence-corrected chi connectivity index (χ3v) is 9.31. The van der Waals surface area contributed by atoms with Crippen molar-refractivity contribution in [2.24, 2.45) is 0 Å². The second-order valence-corrected chi connectivity index (χ2v) is 11.7. The molecule has 0 aromatic heterocycles. The largest absolute Gasteiger partial charge is 0.504 e. The average Bonchev–Trinajstić information content (AvgIpc) is 3.43. The summed E-state index contributed by atoms with van der Waals surface area (Å²) in [5, 5.41) is 26.7. The first kappa shape index (κ1) is 28.6. The van der Waals surface area contributed by atoms with Gasteiger partial charge >= 0.3 is 5.97 Å². The number of carbonyl (C=O) groups is 2. The maximum Gasteiger partial charge on any atom is 0.308 e. The number of likely N-dealkylation sites (N-methyl/N-ethyl adjacent to an activating group) is 1. The maximum absolute atomic E-state index is 12.7. The molecule has 42 heavy (non-hydrogen) atoms. The van der Waals surface area contributed by atoms with Gasteiger partial charge in [0.05, 0.1) is 25.2 Å². The number of rotatable bonds is 6. The van der Waals surface area contributed by atoms with Crippen molar-refractivity contribution < 1.29 is 38.7 Å². The number of aliphatic hydroxyl groups excluding tert-OH is 1. The summed E-state index contributed by atoms with van der Waals surface area (Å²) in [7, 11) is 3.51. The van der Waals surface area contributed by atoms with Crippen LogP contribution in [0, 0.1) is 13.8 Å². The number of carbonyl (C=O) groups excluding carboxylic acids is 2. The van der Waals surface area contributed by atoms with E-state index in [1.807, 2.05) is 38.8 Å². The zero-order valence-corrected chi connectivity index (χ0v) is 24.9. The molecule has 0 radical (unpaired) electrons. The summed E-state index contributed by atoms with van der Waals surface area (Å²) >= 11 is 0. The SMILES string of the molecule is CCCC(=O)NC[C@H]1c2c(c(OC(C)=O)c(C)c3c2OCO3)CC2[C@H]3c4c(cc(C)c(OC)c4O)C[C@H](C(O)N21)N3C. The van der Waals surface area contributed by atoms with Gasteiger partial charge < -0.3 is 34.5 Å². The fraction of sp³-hybridized carbons (Fsp3) is 0.548. The Morgan fingerprint density at radius 2 is 1.86 bits per heavy atom. The van der Waals surface area contributed by atoms with Crippen LogP contribution in [0.5, 0.6) is 28.7 Å². The Bertz CT molecular complexity index is 1460. The number of piperazine rings is 1. The summed E-state index contributed by atoms with van der Waals surface area (Å²) in [6.07, 6.45) is 1.10. The third kappa shape index (κ3) is 4.20. The lowest BCUT2D eigenvalue weighted by atomic mass is 9.73. The molecule has 3 N–H and O–H groups in total. The standard InChI is InChI=1S/C31H39N3O8/c1-7-8-22(36)32-12-21-24-18(28(42-16(4)35)15(3)29-30(24)41-13-40-29)11-19-25-23-17(9-14(2)27(39-6)26(23)37)10-20(33(25)5)31(38)34(19)21/h9,19-21,25,31,37-38H,7-8,10-13H2,1-6H3,(H,32,36)/t19?,20-,21+,25+,31?/m1/s1. The van der Waals surface area contributed by atoms with Crippen LogP contribution in [0.1, 0.15) is 72.2 Å². The third-order valence-electron chi connectivity index (χ3n) is 9.31. The first-order chi connectivity index (χ1) is 20.1. The molecule has 4 heterocycles. The van der Waals surface area contributed by atoms with Crippen LogP contribution in [0.4, 0.5) is 0 Å². The number of phenols is 1. The quantitative estimate of drug-likeness (QED) is 0.346. The molecule has 1 fully saturated rings. The first-order valence-corrected chi connectivity index (χ1v) is 14.6. The monoisotopic (exact) mass is 581 g/mol. The minimum Gasteiger partial charge on any atom is -0.504 e. The molecule has 1 saturated heterocycles. The molecule has 0 spiro atoms. The summed E-state index contributed by atoms with van der Waals surface area (Å²) in [5.41, 5.74) is 4.73. The molecule has 0 aliphatic carbocycles. The Morgan fingerprint density at radius 3 is 2.55 bits per heavy atom. The lowest BCUT2D eigenvalue weighted by Crippen LogP contribution is -2.69. The van der Waals surface area contributed by atoms with Crippen molar-refractivity contribution in [2.75, 3.05) is 27.5 Å². The molecule has 11 nitrogen and oxygen atoms in total. The number of ether oxygens (including phenoxy) is 4. The number of aromatic hydroxyl groups is 1. The van der Waals surface area contributed by atoms with E-state index in [0.29, 0.717) is 54.2 Å². The zero-order chi connectivity index (χ0) is 30.0. The van der Waals surface area contributed by atoms with Gasteiger partial charge in [-0.2, -0.15) is 0 Å². The van der Waals surface area contributed by atoms with Crippen molar-refractivity contribution in [1.82, 2.24) is 15.1 Å². The molecule has 2 aromatic rings. The van der Waals surface area contributed by atoms with Crippen LogP contribution in [-0.2, 0) is 22.4 Å². The van der Waals surface area contributed by atoms with E-state index in [-0.39, 0.29) is 43.1 Å². The highest BCUT2D eigenvalue weighted by molar-refractivity contribution is 5.76. The van der Waals surface area contributed by atoms with Gasteiger partial charge in [0.1, 0.15) is 12.0 Å².